The van der Waals surface area contributed by atoms with Crippen molar-refractivity contribution in [1.82, 2.24) is 16.0 Å². The second-order valence-corrected chi connectivity index (χ2v) is 13.0. The number of hydrogen-bond donors (Lipinski definition) is 8. The van der Waals surface area contributed by atoms with E-state index in [0.29, 0.717) is 31.2 Å². The smallest absolute Gasteiger partial charge is 0.245 e. The molecule has 3 aromatic carbocycles. The molecule has 0 bridgehead atoms. The lowest BCUT2D eigenvalue weighted by molar-refractivity contribution is -0.133. The van der Waals surface area contributed by atoms with Crippen LogP contribution in [0.4, 0.5) is 0 Å². The van der Waals surface area contributed by atoms with Crippen LogP contribution in [0.15, 0.2) is 115 Å². The molecule has 0 heterocycles. The summed E-state index contributed by atoms with van der Waals surface area (Å²) in [5.74, 6) is -0.650. The zero-order chi connectivity index (χ0) is 40.0. The first-order valence-corrected chi connectivity index (χ1v) is 18.2. The highest BCUT2D eigenvalue weighted by Crippen LogP contribution is 2.33. The van der Waals surface area contributed by atoms with Crippen molar-refractivity contribution in [2.75, 3.05) is 19.6 Å². The maximum absolute atomic E-state index is 13.5. The average molecular weight is 755 g/mol. The SMILES string of the molecule is CC(C)N.NCCNC(=O)C(NC(=O)[C@H](CC(O)CN)NC=O)C(O)c1cc(/C2=C/C=C=C(OCc3ccccc3)/C=C\C2)ccc1OCc1ccccc1. The molecule has 3 unspecified atom stereocenters. The van der Waals surface area contributed by atoms with Crippen molar-refractivity contribution in [3.05, 3.63) is 137 Å². The molecule has 0 aliphatic heterocycles. The van der Waals surface area contributed by atoms with Crippen LogP contribution in [0.3, 0.4) is 0 Å². The molecule has 13 heteroatoms. The van der Waals surface area contributed by atoms with E-state index in [1.54, 1.807) is 18.2 Å². The lowest BCUT2D eigenvalue weighted by Crippen LogP contribution is -2.56. The molecule has 0 saturated heterocycles. The molecule has 55 heavy (non-hydrogen) atoms. The van der Waals surface area contributed by atoms with Gasteiger partial charge in [-0.05, 0) is 59.0 Å². The predicted molar refractivity (Wildman–Crippen MR) is 213 cm³/mol. The van der Waals surface area contributed by atoms with Gasteiger partial charge >= 0.3 is 0 Å². The maximum atomic E-state index is 13.5. The first kappa shape index (κ1) is 43.9. The maximum Gasteiger partial charge on any atom is 0.245 e. The standard InChI is InChI=1S/C39H45N5O7.C3H9N/c40-19-20-42-39(49)36(44-38(48)34(43-26-45)22-31(46)23-41)37(47)33-21-30(17-18-35(33)51-25-28-11-5-2-6-12-28)29-13-7-15-32(16-8-14-29)50-24-27-9-3-1-4-10-27;1-3(2)4/h1-13,16-18,21,26,31,34,36-37,46-47H,14,19-20,22-25,40-41H2,(H,42,49)(H,43,45)(H,44,48);3H,4H2,1-2H3/b16-8-,29-13+;/t15?,31?,34-,36?,37?;/m0./s1. The highest BCUT2D eigenvalue weighted by Gasteiger charge is 2.34. The molecule has 0 spiro atoms. The topological polar surface area (TPSA) is 224 Å². The number of aliphatic hydroxyl groups excluding tert-OH is 2. The van der Waals surface area contributed by atoms with Crippen LogP contribution in [0.1, 0.15) is 55.0 Å². The second-order valence-electron chi connectivity index (χ2n) is 13.0. The zero-order valence-electron chi connectivity index (χ0n) is 31.4. The van der Waals surface area contributed by atoms with Crippen LogP contribution in [-0.2, 0) is 32.3 Å². The van der Waals surface area contributed by atoms with E-state index in [9.17, 15) is 24.6 Å². The summed E-state index contributed by atoms with van der Waals surface area (Å²) in [7, 11) is 0. The number of aliphatic hydroxyl groups is 2. The van der Waals surface area contributed by atoms with Gasteiger partial charge in [-0.25, -0.2) is 0 Å². The van der Waals surface area contributed by atoms with Crippen LogP contribution < -0.4 is 37.9 Å². The van der Waals surface area contributed by atoms with E-state index in [1.165, 1.54) is 0 Å². The van der Waals surface area contributed by atoms with Gasteiger partial charge in [-0.3, -0.25) is 14.4 Å². The number of carbonyl (C=O) groups is 3. The Morgan fingerprint density at radius 2 is 1.56 bits per heavy atom. The molecule has 4 atom stereocenters. The number of nitrogens with two attached hydrogens (primary N) is 3. The van der Waals surface area contributed by atoms with Crippen LogP contribution in [0.2, 0.25) is 0 Å². The van der Waals surface area contributed by atoms with Gasteiger partial charge in [0.1, 0.15) is 37.2 Å². The van der Waals surface area contributed by atoms with Crippen molar-refractivity contribution in [1.29, 1.82) is 0 Å². The predicted octanol–water partition coefficient (Wildman–Crippen LogP) is 2.64. The van der Waals surface area contributed by atoms with E-state index >= 15 is 0 Å². The van der Waals surface area contributed by atoms with Crippen LogP contribution in [0.25, 0.3) is 5.57 Å². The minimum absolute atomic E-state index is 0.0767. The van der Waals surface area contributed by atoms with Gasteiger partial charge in [-0.1, -0.05) is 98.5 Å². The van der Waals surface area contributed by atoms with Crippen molar-refractivity contribution < 1.29 is 34.1 Å². The Kier molecular flexibility index (Phi) is 19.1. The summed E-state index contributed by atoms with van der Waals surface area (Å²) < 4.78 is 12.1. The highest BCUT2D eigenvalue weighted by molar-refractivity contribution is 5.91. The third-order valence-corrected chi connectivity index (χ3v) is 8.00. The molecule has 13 nitrogen and oxygen atoms in total. The van der Waals surface area contributed by atoms with Crippen LogP contribution >= 0.6 is 0 Å². The lowest BCUT2D eigenvalue weighted by atomic mass is 9.93. The molecule has 1 aliphatic carbocycles. The van der Waals surface area contributed by atoms with Gasteiger partial charge in [-0.15, -0.1) is 0 Å². The Morgan fingerprint density at radius 3 is 2.16 bits per heavy atom. The summed E-state index contributed by atoms with van der Waals surface area (Å²) in [6, 6.07) is 22.1. The minimum atomic E-state index is -1.62. The first-order valence-electron chi connectivity index (χ1n) is 18.2. The Balaban J connectivity index is 0.00000193. The Morgan fingerprint density at radius 1 is 0.927 bits per heavy atom. The number of ether oxygens (including phenoxy) is 2. The fraction of sp³-hybridized carbons (Fsp3) is 0.333. The molecule has 0 fully saturated rings. The fourth-order valence-electron chi connectivity index (χ4n) is 5.25. The number of amides is 3. The molecule has 3 amide bonds. The van der Waals surface area contributed by atoms with E-state index in [1.807, 2.05) is 98.8 Å². The Hall–Kier alpha value is -5.53. The quantitative estimate of drug-likeness (QED) is 0.0660. The Bertz CT molecular complexity index is 1770. The van der Waals surface area contributed by atoms with Crippen molar-refractivity contribution in [2.45, 2.75) is 70.2 Å². The van der Waals surface area contributed by atoms with Crippen molar-refractivity contribution >= 4 is 23.8 Å². The van der Waals surface area contributed by atoms with Crippen molar-refractivity contribution in [2.24, 2.45) is 17.2 Å². The molecular formula is C42H54N6O7. The van der Waals surface area contributed by atoms with E-state index in [4.69, 9.17) is 26.7 Å². The normalized spacial score (nSPS) is 15.9. The number of rotatable bonds is 19. The number of allylic oxidation sites excluding steroid dienone is 4. The largest absolute Gasteiger partial charge is 0.489 e. The molecule has 0 radical (unpaired) electrons. The third-order valence-electron chi connectivity index (χ3n) is 8.00. The monoisotopic (exact) mass is 754 g/mol. The summed E-state index contributed by atoms with van der Waals surface area (Å²) in [5, 5.41) is 29.5. The molecule has 11 N–H and O–H groups in total. The molecule has 0 saturated carbocycles. The molecule has 0 aromatic heterocycles. The molecule has 4 rings (SSSR count). The molecular weight excluding hydrogens is 700 g/mol. The Labute approximate surface area is 323 Å². The van der Waals surface area contributed by atoms with Gasteiger partial charge in [0.05, 0.1) is 6.10 Å². The van der Waals surface area contributed by atoms with Gasteiger partial charge in [0.15, 0.2) is 5.76 Å². The van der Waals surface area contributed by atoms with Crippen molar-refractivity contribution in [3.63, 3.8) is 0 Å². The van der Waals surface area contributed by atoms with Crippen LogP contribution in [-0.4, -0.2) is 72.3 Å². The number of nitrogens with one attached hydrogen (secondary N) is 3. The van der Waals surface area contributed by atoms with E-state index in [2.05, 4.69) is 21.7 Å². The van der Waals surface area contributed by atoms with E-state index in [-0.39, 0.29) is 44.0 Å². The summed E-state index contributed by atoms with van der Waals surface area (Å²) >= 11 is 0. The van der Waals surface area contributed by atoms with Gasteiger partial charge in [-0.2, -0.15) is 0 Å². The van der Waals surface area contributed by atoms with E-state index in [0.717, 1.165) is 22.3 Å². The molecule has 3 aromatic rings. The fourth-order valence-corrected chi connectivity index (χ4v) is 5.25. The number of carbonyl (C=O) groups excluding carboxylic acids is 3. The zero-order valence-corrected chi connectivity index (χ0v) is 31.4. The average Bonchev–Trinajstić information content (AvgIpc) is 3.17. The summed E-state index contributed by atoms with van der Waals surface area (Å²) in [6.45, 7) is 4.50. The summed E-state index contributed by atoms with van der Waals surface area (Å²) in [6.07, 6.45) is 5.33. The number of hydrogen-bond acceptors (Lipinski definition) is 10. The van der Waals surface area contributed by atoms with E-state index < -0.39 is 36.1 Å². The lowest BCUT2D eigenvalue weighted by Gasteiger charge is -2.28. The van der Waals surface area contributed by atoms with Gasteiger partial charge in [0.25, 0.3) is 0 Å². The van der Waals surface area contributed by atoms with Gasteiger partial charge in [0, 0.05) is 31.6 Å². The van der Waals surface area contributed by atoms with Gasteiger partial charge in [0.2, 0.25) is 18.2 Å². The summed E-state index contributed by atoms with van der Waals surface area (Å²) in [4.78, 5) is 38.1. The molecule has 294 valence electrons. The van der Waals surface area contributed by atoms with Crippen LogP contribution in [0.5, 0.6) is 5.75 Å². The highest BCUT2D eigenvalue weighted by atomic mass is 16.5. The first-order chi connectivity index (χ1) is 26.6. The second kappa shape index (κ2) is 24.0. The van der Waals surface area contributed by atoms with Crippen molar-refractivity contribution in [3.8, 4) is 5.75 Å². The minimum Gasteiger partial charge on any atom is -0.489 e. The third kappa shape index (κ3) is 15.4. The molecule has 1 aliphatic rings. The van der Waals surface area contributed by atoms with Gasteiger partial charge < -0.3 is 52.8 Å². The number of benzene rings is 3. The summed E-state index contributed by atoms with van der Waals surface area (Å²) in [5.41, 5.74) is 23.2. The van der Waals surface area contributed by atoms with Crippen LogP contribution in [0, 0.1) is 0 Å².